The molecule has 0 radical (unpaired) electrons. The molecule has 0 bridgehead atoms. The number of aryl methyl sites for hydroxylation is 2. The number of aromatic nitrogens is 2. The molecule has 392 valence electrons. The van der Waals surface area contributed by atoms with Crippen molar-refractivity contribution in [1.82, 2.24) is 8.94 Å². The number of carboxylic acids is 1. The highest BCUT2D eigenvalue weighted by Gasteiger charge is 2.33. The highest BCUT2D eigenvalue weighted by atomic mass is 35.5. The molecule has 4 unspecified atom stereocenters. The number of nitrogens with two attached hydrogens (primary N) is 1. The van der Waals surface area contributed by atoms with E-state index in [0.29, 0.717) is 35.2 Å². The average molecular weight is 1100 g/mol. The predicted octanol–water partition coefficient (Wildman–Crippen LogP) is 7.71. The number of amides is 3. The van der Waals surface area contributed by atoms with Crippen molar-refractivity contribution in [1.29, 1.82) is 0 Å². The third kappa shape index (κ3) is 16.0. The summed E-state index contributed by atoms with van der Waals surface area (Å²) in [7, 11) is -1.47. The lowest BCUT2D eigenvalue weighted by molar-refractivity contribution is -0.138. The Morgan fingerprint density at radius 1 is 1.15 bits per heavy atom. The van der Waals surface area contributed by atoms with Crippen molar-refractivity contribution in [3.8, 4) is 23.8 Å². The van der Waals surface area contributed by atoms with E-state index in [1.165, 1.54) is 35.2 Å². The van der Waals surface area contributed by atoms with Gasteiger partial charge in [-0.1, -0.05) is 80.2 Å². The molecule has 0 saturated heterocycles. The van der Waals surface area contributed by atoms with E-state index in [0.717, 1.165) is 47.7 Å². The van der Waals surface area contributed by atoms with E-state index in [9.17, 15) is 28.1 Å². The zero-order chi connectivity index (χ0) is 53.7. The molecule has 0 spiro atoms. The Kier molecular flexibility index (Phi) is 22.1. The number of rotatable bonds is 13. The van der Waals surface area contributed by atoms with Crippen LogP contribution in [-0.4, -0.2) is 118 Å². The number of methoxy groups -OCH3 is 1. The summed E-state index contributed by atoms with van der Waals surface area (Å²) in [6, 6.07) is 15.0. The summed E-state index contributed by atoms with van der Waals surface area (Å²) in [4.78, 5) is 63.8. The molecule has 72 heavy (non-hydrogen) atoms. The topological polar surface area (TPSA) is 219 Å². The summed E-state index contributed by atoms with van der Waals surface area (Å²) in [5.74, 6) is 2.04. The number of carbonyl (C=O) groups is 4. The SMILES string of the molecule is C#CCN1C(=O)COc2cc(F)c(/N=c3\snc4n3CC(C)(C)C4)cc21.CC1COc2ccccc2N1C(=O)C(Cl)Cl.CCc1cccc(C)c1N(C(=O)CCl)C(C)COC.CP(=O)(O)CCC(N)C(=O)O. The van der Waals surface area contributed by atoms with Crippen LogP contribution in [0.5, 0.6) is 11.5 Å². The number of ether oxygens (including phenoxy) is 3. The largest absolute Gasteiger partial charge is 0.489 e. The molecule has 23 heteroatoms. The van der Waals surface area contributed by atoms with Crippen molar-refractivity contribution in [2.24, 2.45) is 16.1 Å². The van der Waals surface area contributed by atoms with Crippen LogP contribution in [0.4, 0.5) is 27.1 Å². The molecular formula is C49H62Cl3FN7O10PS. The molecular weight excluding hydrogens is 1030 g/mol. The van der Waals surface area contributed by atoms with Gasteiger partial charge in [-0.05, 0) is 68.4 Å². The molecule has 1 aromatic heterocycles. The summed E-state index contributed by atoms with van der Waals surface area (Å²) >= 11 is 18.3. The van der Waals surface area contributed by atoms with Crippen molar-refractivity contribution < 1.29 is 52.3 Å². The van der Waals surface area contributed by atoms with Crippen molar-refractivity contribution in [3.63, 3.8) is 0 Å². The lowest BCUT2D eigenvalue weighted by atomic mass is 9.92. The quantitative estimate of drug-likeness (QED) is 0.0666. The first-order chi connectivity index (χ1) is 33.9. The van der Waals surface area contributed by atoms with Crippen molar-refractivity contribution >= 4 is 100 Å². The highest BCUT2D eigenvalue weighted by molar-refractivity contribution is 7.57. The normalized spacial score (nSPS) is 17.0. The van der Waals surface area contributed by atoms with Crippen LogP contribution in [0, 0.1) is 30.5 Å². The Bertz CT molecular complexity index is 2730. The van der Waals surface area contributed by atoms with E-state index in [4.69, 9.17) is 71.2 Å². The minimum Gasteiger partial charge on any atom is -0.489 e. The monoisotopic (exact) mass is 1100 g/mol. The number of nitrogens with zero attached hydrogens (tertiary/aromatic N) is 6. The molecule has 0 saturated carbocycles. The number of para-hydroxylation sites is 3. The number of hydrogen-bond acceptors (Lipinski definition) is 12. The van der Waals surface area contributed by atoms with Gasteiger partial charge in [-0.15, -0.1) is 18.0 Å². The second-order valence-electron chi connectivity index (χ2n) is 17.9. The van der Waals surface area contributed by atoms with Crippen LogP contribution in [0.25, 0.3) is 0 Å². The molecule has 4 N–H and O–H groups in total. The van der Waals surface area contributed by atoms with Gasteiger partial charge in [0.2, 0.25) is 10.7 Å². The molecule has 3 aliphatic rings. The van der Waals surface area contributed by atoms with Crippen molar-refractivity contribution in [3.05, 3.63) is 82.2 Å². The zero-order valence-electron chi connectivity index (χ0n) is 41.4. The summed E-state index contributed by atoms with van der Waals surface area (Å²) < 4.78 is 47.7. The van der Waals surface area contributed by atoms with Crippen LogP contribution in [-0.2, 0) is 47.9 Å². The molecule has 3 aliphatic heterocycles. The number of hydrogen-bond donors (Lipinski definition) is 3. The van der Waals surface area contributed by atoms with Gasteiger partial charge in [0, 0.05) is 50.5 Å². The Hall–Kier alpha value is -5.03. The lowest BCUT2D eigenvalue weighted by Crippen LogP contribution is -2.47. The van der Waals surface area contributed by atoms with E-state index in [-0.39, 0.29) is 72.5 Å². The minimum absolute atomic E-state index is 0.0223. The van der Waals surface area contributed by atoms with Gasteiger partial charge in [0.25, 0.3) is 11.8 Å². The Labute approximate surface area is 438 Å². The first-order valence-corrected chi connectivity index (χ1v) is 27.2. The number of carbonyl (C=O) groups excluding carboxylic acids is 3. The fraction of sp³-hybridized carbons (Fsp3) is 0.469. The van der Waals surface area contributed by atoms with Gasteiger partial charge in [-0.3, -0.25) is 28.6 Å². The Morgan fingerprint density at radius 3 is 2.46 bits per heavy atom. The number of anilines is 3. The Balaban J connectivity index is 0.000000218. The van der Waals surface area contributed by atoms with Crippen molar-refractivity contribution in [2.75, 3.05) is 66.9 Å². The standard InChI is InChI=1S/C18H17FN4O2S.C15H22ClNO2.C11H11Cl2NO2.C5H12NO4P/c1-4-5-22-13-7-12(11(19)6-14(13)25-9-16(22)24)20-17-23-10-18(2,3)8-15(23)21-26-17;1-5-13-8-6-7-11(2)15(13)17(14(18)9-16)12(3)10-19-4;1-7-6-16-9-5-3-2-4-8(9)14(7)11(15)10(12)13;1-11(9,10)3-2-4(6)5(7)8/h1,6-7H,5,8-10H2,2-3H3;6-8,12H,5,9-10H2,1-4H3;2-5,7,10H,6H2,1H3;4H,2-3,6H2,1H3,(H,7,8)(H,9,10)/b20-17-;;;. The fourth-order valence-corrected chi connectivity index (χ4v) is 9.66. The third-order valence-corrected chi connectivity index (χ3v) is 13.7. The molecule has 3 aromatic carbocycles. The first kappa shape index (κ1) is 59.5. The van der Waals surface area contributed by atoms with Crippen molar-refractivity contribution in [2.45, 2.75) is 90.3 Å². The van der Waals surface area contributed by atoms with Crippen LogP contribution in [0.1, 0.15) is 58.0 Å². The van der Waals surface area contributed by atoms with Crippen LogP contribution in [0.3, 0.4) is 0 Å². The highest BCUT2D eigenvalue weighted by Crippen LogP contribution is 2.39. The number of aliphatic carboxylic acids is 1. The molecule has 7 rings (SSSR count). The smallest absolute Gasteiger partial charge is 0.320 e. The second-order valence-corrected chi connectivity index (χ2v) is 22.6. The zero-order valence-corrected chi connectivity index (χ0v) is 45.4. The molecule has 4 atom stereocenters. The third-order valence-electron chi connectivity index (χ3n) is 11.3. The molecule has 4 aromatic rings. The number of halogens is 4. The van der Waals surface area contributed by atoms with E-state index in [1.54, 1.807) is 16.9 Å². The summed E-state index contributed by atoms with van der Waals surface area (Å²) in [6.45, 7) is 15.1. The van der Waals surface area contributed by atoms with E-state index >= 15 is 0 Å². The first-order valence-electron chi connectivity index (χ1n) is 22.7. The maximum absolute atomic E-state index is 14.5. The van der Waals surface area contributed by atoms with E-state index in [1.807, 2.05) is 61.7 Å². The lowest BCUT2D eigenvalue weighted by Gasteiger charge is -2.35. The number of terminal acetylenes is 1. The molecule has 0 fully saturated rings. The second kappa shape index (κ2) is 26.8. The van der Waals surface area contributed by atoms with E-state index in [2.05, 4.69) is 42.1 Å². The summed E-state index contributed by atoms with van der Waals surface area (Å²) in [6.07, 6.45) is 7.09. The van der Waals surface area contributed by atoms with Gasteiger partial charge >= 0.3 is 5.97 Å². The van der Waals surface area contributed by atoms with Crippen LogP contribution in [0.15, 0.2) is 59.6 Å². The minimum atomic E-state index is -3.10. The summed E-state index contributed by atoms with van der Waals surface area (Å²) in [5, 5.41) is 8.28. The molecule has 17 nitrogen and oxygen atoms in total. The average Bonchev–Trinajstić information content (AvgIpc) is 3.84. The summed E-state index contributed by atoms with van der Waals surface area (Å²) in [5.41, 5.74) is 9.70. The van der Waals surface area contributed by atoms with Gasteiger partial charge in [0.05, 0.1) is 42.3 Å². The van der Waals surface area contributed by atoms with Crippen LogP contribution in [0.2, 0.25) is 0 Å². The number of carboxylic acid groups (broad SMARTS) is 1. The van der Waals surface area contributed by atoms with Gasteiger partial charge in [0.15, 0.2) is 24.6 Å². The van der Waals surface area contributed by atoms with E-state index < -0.39 is 30.0 Å². The maximum Gasteiger partial charge on any atom is 0.320 e. The molecule has 0 aliphatic carbocycles. The Morgan fingerprint density at radius 2 is 1.85 bits per heavy atom. The van der Waals surface area contributed by atoms with Gasteiger partial charge < -0.3 is 44.3 Å². The predicted molar refractivity (Wildman–Crippen MR) is 281 cm³/mol. The van der Waals surface area contributed by atoms with Gasteiger partial charge in [-0.25, -0.2) is 9.38 Å². The molecule has 4 heterocycles. The number of fused-ring (bicyclic) bond motifs is 3. The molecule has 3 amide bonds. The number of alkyl halides is 3. The number of benzene rings is 3. The maximum atomic E-state index is 14.5. The van der Waals surface area contributed by atoms with Crippen LogP contribution >= 0.6 is 53.7 Å². The van der Waals surface area contributed by atoms with Crippen LogP contribution < -0.4 is 34.7 Å². The fourth-order valence-electron chi connectivity index (χ4n) is 7.81. The van der Waals surface area contributed by atoms with Gasteiger partial charge in [0.1, 0.15) is 41.5 Å². The van der Waals surface area contributed by atoms with Gasteiger partial charge in [-0.2, -0.15) is 4.37 Å².